The Kier molecular flexibility index (Phi) is 4.59. The van der Waals surface area contributed by atoms with Gasteiger partial charge in [-0.2, -0.15) is 0 Å². The van der Waals surface area contributed by atoms with Crippen molar-refractivity contribution >= 4 is 23.0 Å². The molecule has 0 aromatic heterocycles. The van der Waals surface area contributed by atoms with Gasteiger partial charge in [-0.15, -0.1) is 0 Å². The van der Waals surface area contributed by atoms with Crippen LogP contribution in [0.3, 0.4) is 0 Å². The Morgan fingerprint density at radius 2 is 1.94 bits per heavy atom. The summed E-state index contributed by atoms with van der Waals surface area (Å²) in [6, 6.07) is 8.76. The quantitative estimate of drug-likeness (QED) is 0.791. The molecule has 0 bridgehead atoms. The number of aryl methyl sites for hydroxylation is 1. The summed E-state index contributed by atoms with van der Waals surface area (Å²) in [7, 11) is 0. The van der Waals surface area contributed by atoms with Gasteiger partial charge < -0.3 is 10.6 Å². The van der Waals surface area contributed by atoms with Gasteiger partial charge >= 0.3 is 0 Å². The maximum absolute atomic E-state index is 5.41. The van der Waals surface area contributed by atoms with Gasteiger partial charge in [0.25, 0.3) is 0 Å². The minimum Gasteiger partial charge on any atom is -0.359 e. The second-order valence-electron chi connectivity index (χ2n) is 5.28. The number of anilines is 1. The van der Waals surface area contributed by atoms with Crippen molar-refractivity contribution in [3.05, 3.63) is 29.8 Å². The molecular formula is C15H22N2S. The van der Waals surface area contributed by atoms with E-state index in [0.717, 1.165) is 16.7 Å². The van der Waals surface area contributed by atoms with Gasteiger partial charge in [0.15, 0.2) is 5.11 Å². The SMILES string of the molecule is Cc1ccccc1NC(=S)N[C@H]1CCCC[C@H]1C. The average Bonchev–Trinajstić information content (AvgIpc) is 2.35. The fourth-order valence-corrected chi connectivity index (χ4v) is 2.83. The van der Waals surface area contributed by atoms with Crippen LogP contribution in [0.1, 0.15) is 38.2 Å². The molecule has 0 unspecified atom stereocenters. The van der Waals surface area contributed by atoms with Crippen LogP contribution in [0.15, 0.2) is 24.3 Å². The van der Waals surface area contributed by atoms with Crippen LogP contribution >= 0.6 is 12.2 Å². The number of hydrogen-bond acceptors (Lipinski definition) is 1. The van der Waals surface area contributed by atoms with Crippen LogP contribution in [0, 0.1) is 12.8 Å². The highest BCUT2D eigenvalue weighted by molar-refractivity contribution is 7.80. The normalized spacial score (nSPS) is 23.4. The molecule has 2 nitrogen and oxygen atoms in total. The van der Waals surface area contributed by atoms with Gasteiger partial charge in [0, 0.05) is 11.7 Å². The van der Waals surface area contributed by atoms with Gasteiger partial charge in [-0.3, -0.25) is 0 Å². The first kappa shape index (κ1) is 13.3. The third kappa shape index (κ3) is 3.45. The Morgan fingerprint density at radius 1 is 1.22 bits per heavy atom. The molecule has 0 spiro atoms. The largest absolute Gasteiger partial charge is 0.359 e. The molecule has 1 aromatic carbocycles. The fourth-order valence-electron chi connectivity index (χ4n) is 2.57. The van der Waals surface area contributed by atoms with E-state index in [9.17, 15) is 0 Å². The van der Waals surface area contributed by atoms with Gasteiger partial charge in [0.05, 0.1) is 0 Å². The topological polar surface area (TPSA) is 24.1 Å². The zero-order chi connectivity index (χ0) is 13.0. The molecule has 1 aromatic rings. The maximum atomic E-state index is 5.41. The van der Waals surface area contributed by atoms with E-state index in [-0.39, 0.29) is 0 Å². The van der Waals surface area contributed by atoms with Crippen molar-refractivity contribution in [2.45, 2.75) is 45.6 Å². The molecular weight excluding hydrogens is 240 g/mol. The van der Waals surface area contributed by atoms with E-state index in [0.29, 0.717) is 6.04 Å². The third-order valence-corrected chi connectivity index (χ3v) is 4.04. The van der Waals surface area contributed by atoms with Crippen molar-refractivity contribution in [1.29, 1.82) is 0 Å². The third-order valence-electron chi connectivity index (χ3n) is 3.82. The lowest BCUT2D eigenvalue weighted by Crippen LogP contribution is -2.43. The Bertz CT molecular complexity index is 417. The molecule has 2 N–H and O–H groups in total. The Labute approximate surface area is 115 Å². The fraction of sp³-hybridized carbons (Fsp3) is 0.533. The Hall–Kier alpha value is -1.09. The Morgan fingerprint density at radius 3 is 2.67 bits per heavy atom. The number of rotatable bonds is 2. The van der Waals surface area contributed by atoms with E-state index in [1.807, 2.05) is 12.1 Å². The number of hydrogen-bond donors (Lipinski definition) is 2. The van der Waals surface area contributed by atoms with Gasteiger partial charge in [0.1, 0.15) is 0 Å². The second kappa shape index (κ2) is 6.19. The molecule has 2 atom stereocenters. The molecule has 98 valence electrons. The predicted molar refractivity (Wildman–Crippen MR) is 82.0 cm³/mol. The van der Waals surface area contributed by atoms with Crippen molar-refractivity contribution in [2.75, 3.05) is 5.32 Å². The van der Waals surface area contributed by atoms with Crippen LogP contribution < -0.4 is 10.6 Å². The lowest BCUT2D eigenvalue weighted by atomic mass is 9.86. The number of para-hydroxylation sites is 1. The summed E-state index contributed by atoms with van der Waals surface area (Å²) in [4.78, 5) is 0. The number of benzene rings is 1. The highest BCUT2D eigenvalue weighted by atomic mass is 32.1. The van der Waals surface area contributed by atoms with Crippen molar-refractivity contribution < 1.29 is 0 Å². The van der Waals surface area contributed by atoms with Crippen LogP contribution in [0.5, 0.6) is 0 Å². The smallest absolute Gasteiger partial charge is 0.171 e. The van der Waals surface area contributed by atoms with Gasteiger partial charge in [-0.05, 0) is 49.5 Å². The first-order chi connectivity index (χ1) is 8.66. The van der Waals surface area contributed by atoms with Crippen LogP contribution in [-0.2, 0) is 0 Å². The summed E-state index contributed by atoms with van der Waals surface area (Å²) >= 11 is 5.41. The van der Waals surface area contributed by atoms with Gasteiger partial charge in [0.2, 0.25) is 0 Å². The van der Waals surface area contributed by atoms with Crippen molar-refractivity contribution in [1.82, 2.24) is 5.32 Å². The molecule has 3 heteroatoms. The highest BCUT2D eigenvalue weighted by Crippen LogP contribution is 2.24. The molecule has 1 saturated carbocycles. The van der Waals surface area contributed by atoms with E-state index in [1.54, 1.807) is 0 Å². The standard InChI is InChI=1S/C15H22N2S/c1-11-7-3-5-9-13(11)16-15(18)17-14-10-6-4-8-12(14)2/h3,5,7,9,12,14H,4,6,8,10H2,1-2H3,(H2,16,17,18)/t12-,14+/m1/s1. The minimum absolute atomic E-state index is 0.530. The molecule has 1 fully saturated rings. The van der Waals surface area contributed by atoms with E-state index >= 15 is 0 Å². The van der Waals surface area contributed by atoms with Crippen LogP contribution in [0.25, 0.3) is 0 Å². The number of thiocarbonyl (C=S) groups is 1. The lowest BCUT2D eigenvalue weighted by Gasteiger charge is -2.30. The first-order valence-electron chi connectivity index (χ1n) is 6.80. The highest BCUT2D eigenvalue weighted by Gasteiger charge is 2.21. The van der Waals surface area contributed by atoms with Gasteiger partial charge in [-0.25, -0.2) is 0 Å². The summed E-state index contributed by atoms with van der Waals surface area (Å²) < 4.78 is 0. The number of nitrogens with one attached hydrogen (secondary N) is 2. The summed E-state index contributed by atoms with van der Waals surface area (Å²) in [5.41, 5.74) is 2.32. The zero-order valence-corrected chi connectivity index (χ0v) is 12.0. The summed E-state index contributed by atoms with van der Waals surface area (Å²) in [5, 5.41) is 7.52. The van der Waals surface area contributed by atoms with Crippen molar-refractivity contribution in [3.8, 4) is 0 Å². The van der Waals surface area contributed by atoms with Gasteiger partial charge in [-0.1, -0.05) is 38.0 Å². The minimum atomic E-state index is 0.530. The summed E-state index contributed by atoms with van der Waals surface area (Å²) in [5.74, 6) is 0.718. The first-order valence-corrected chi connectivity index (χ1v) is 7.21. The summed E-state index contributed by atoms with van der Waals surface area (Å²) in [6.07, 6.45) is 5.22. The molecule has 0 amide bonds. The molecule has 2 rings (SSSR count). The van der Waals surface area contributed by atoms with E-state index in [1.165, 1.54) is 31.2 Å². The molecule has 0 aliphatic heterocycles. The van der Waals surface area contributed by atoms with Crippen LogP contribution in [0.4, 0.5) is 5.69 Å². The van der Waals surface area contributed by atoms with E-state index in [2.05, 4.69) is 36.6 Å². The molecule has 0 heterocycles. The molecule has 0 radical (unpaired) electrons. The van der Waals surface area contributed by atoms with E-state index in [4.69, 9.17) is 12.2 Å². The zero-order valence-electron chi connectivity index (χ0n) is 11.2. The molecule has 0 saturated heterocycles. The van der Waals surface area contributed by atoms with Crippen LogP contribution in [0.2, 0.25) is 0 Å². The molecule has 18 heavy (non-hydrogen) atoms. The predicted octanol–water partition coefficient (Wildman–Crippen LogP) is 3.86. The summed E-state index contributed by atoms with van der Waals surface area (Å²) in [6.45, 7) is 4.40. The van der Waals surface area contributed by atoms with Crippen molar-refractivity contribution in [2.24, 2.45) is 5.92 Å². The Balaban J connectivity index is 1.90. The lowest BCUT2D eigenvalue weighted by molar-refractivity contribution is 0.309. The second-order valence-corrected chi connectivity index (χ2v) is 5.69. The molecule has 1 aliphatic rings. The average molecular weight is 262 g/mol. The monoisotopic (exact) mass is 262 g/mol. The van der Waals surface area contributed by atoms with E-state index < -0.39 is 0 Å². The van der Waals surface area contributed by atoms with Crippen molar-refractivity contribution in [3.63, 3.8) is 0 Å². The molecule has 1 aliphatic carbocycles. The van der Waals surface area contributed by atoms with Crippen LogP contribution in [-0.4, -0.2) is 11.2 Å². The maximum Gasteiger partial charge on any atom is 0.171 e.